The molecule has 1 atom stereocenters. The molecular formula is C35H43N3O6S. The second-order valence-electron chi connectivity index (χ2n) is 10.4. The number of terminal acetylenes is 1. The Hall–Kier alpha value is -4.49. The highest BCUT2D eigenvalue weighted by molar-refractivity contribution is 7.98. The standard InChI is InChI=1S/C20H22N2O4.C15H21NO2S/c1-3-16(20(23)24)13-15-5-7-17(8-6-15)26-12-4-10-21-19-14-18(25-2)9-11-22-19;1-11(2)14(17)8-5-9-15(18)16-12-6-4-7-13(10-12)19-3/h1,5-9,11,14,16H,4,10,12-13H2,2H3,(H,21,22)(H,23,24);4,6-7,10-11H,5,8-9H2,1-3H3,(H,16,18). The van der Waals surface area contributed by atoms with Crippen LogP contribution in [-0.2, 0) is 20.8 Å². The molecule has 0 aliphatic heterocycles. The molecule has 9 nitrogen and oxygen atoms in total. The Morgan fingerprint density at radius 2 is 1.78 bits per heavy atom. The molecule has 0 aliphatic carbocycles. The van der Waals surface area contributed by atoms with Crippen LogP contribution in [0.3, 0.4) is 0 Å². The highest BCUT2D eigenvalue weighted by atomic mass is 32.2. The average molecular weight is 634 g/mol. The molecular weight excluding hydrogens is 590 g/mol. The summed E-state index contributed by atoms with van der Waals surface area (Å²) in [5.74, 6) is 2.99. The monoisotopic (exact) mass is 633 g/mol. The van der Waals surface area contributed by atoms with Gasteiger partial charge >= 0.3 is 5.97 Å². The minimum absolute atomic E-state index is 0.0326. The van der Waals surface area contributed by atoms with Crippen molar-refractivity contribution >= 4 is 40.9 Å². The molecule has 2 aromatic carbocycles. The third-order valence-corrected chi connectivity index (χ3v) is 7.28. The van der Waals surface area contributed by atoms with Crippen LogP contribution in [-0.4, -0.2) is 54.3 Å². The van der Waals surface area contributed by atoms with Crippen LogP contribution in [0.1, 0.15) is 45.1 Å². The third-order valence-electron chi connectivity index (χ3n) is 6.55. The Labute approximate surface area is 270 Å². The first-order chi connectivity index (χ1) is 21.6. The van der Waals surface area contributed by atoms with E-state index < -0.39 is 11.9 Å². The van der Waals surface area contributed by atoms with E-state index in [2.05, 4.69) is 21.5 Å². The Morgan fingerprint density at radius 3 is 2.42 bits per heavy atom. The number of nitrogens with one attached hydrogen (secondary N) is 2. The summed E-state index contributed by atoms with van der Waals surface area (Å²) in [4.78, 5) is 39.5. The van der Waals surface area contributed by atoms with E-state index in [0.29, 0.717) is 32.3 Å². The van der Waals surface area contributed by atoms with Crippen LogP contribution in [0, 0.1) is 24.2 Å². The average Bonchev–Trinajstić information content (AvgIpc) is 3.04. The first kappa shape index (κ1) is 36.7. The number of carbonyl (C=O) groups excluding carboxylic acids is 2. The summed E-state index contributed by atoms with van der Waals surface area (Å²) in [6.07, 6.45) is 11.5. The number of aromatic nitrogens is 1. The lowest BCUT2D eigenvalue weighted by atomic mass is 10.0. The Kier molecular flexibility index (Phi) is 16.7. The van der Waals surface area contributed by atoms with Gasteiger partial charge in [-0.2, -0.15) is 0 Å². The molecule has 3 rings (SSSR count). The molecule has 10 heteroatoms. The quantitative estimate of drug-likeness (QED) is 0.0857. The molecule has 0 spiro atoms. The van der Waals surface area contributed by atoms with Gasteiger partial charge < -0.3 is 25.2 Å². The minimum Gasteiger partial charge on any atom is -0.497 e. The van der Waals surface area contributed by atoms with Crippen molar-refractivity contribution in [1.29, 1.82) is 0 Å². The van der Waals surface area contributed by atoms with Gasteiger partial charge in [-0.25, -0.2) is 4.98 Å². The second-order valence-corrected chi connectivity index (χ2v) is 11.2. The summed E-state index contributed by atoms with van der Waals surface area (Å²) in [6.45, 7) is 5.05. The zero-order valence-corrected chi connectivity index (χ0v) is 27.2. The minimum atomic E-state index is -0.981. The van der Waals surface area contributed by atoms with Crippen LogP contribution < -0.4 is 20.1 Å². The van der Waals surface area contributed by atoms with Crippen LogP contribution in [0.2, 0.25) is 0 Å². The number of thioether (sulfide) groups is 1. The van der Waals surface area contributed by atoms with Crippen molar-refractivity contribution in [1.82, 2.24) is 4.98 Å². The van der Waals surface area contributed by atoms with E-state index in [9.17, 15) is 14.4 Å². The molecule has 1 amide bonds. The lowest BCUT2D eigenvalue weighted by molar-refractivity contribution is -0.139. The number of carboxylic acid groups (broad SMARTS) is 1. The summed E-state index contributed by atoms with van der Waals surface area (Å²) in [7, 11) is 1.62. The molecule has 0 fully saturated rings. The van der Waals surface area contributed by atoms with E-state index in [1.54, 1.807) is 31.1 Å². The van der Waals surface area contributed by atoms with Crippen LogP contribution in [0.4, 0.5) is 11.5 Å². The van der Waals surface area contributed by atoms with E-state index >= 15 is 0 Å². The van der Waals surface area contributed by atoms with Gasteiger partial charge in [0.05, 0.1) is 13.7 Å². The van der Waals surface area contributed by atoms with Crippen molar-refractivity contribution in [2.75, 3.05) is 37.2 Å². The Balaban J connectivity index is 0.000000330. The van der Waals surface area contributed by atoms with Crippen LogP contribution in [0.15, 0.2) is 71.8 Å². The van der Waals surface area contributed by atoms with Crippen molar-refractivity contribution < 1.29 is 29.0 Å². The zero-order chi connectivity index (χ0) is 33.0. The summed E-state index contributed by atoms with van der Waals surface area (Å²) < 4.78 is 10.8. The van der Waals surface area contributed by atoms with E-state index in [0.717, 1.165) is 46.4 Å². The van der Waals surface area contributed by atoms with Gasteiger partial charge in [-0.3, -0.25) is 14.4 Å². The number of hydrogen-bond acceptors (Lipinski definition) is 8. The van der Waals surface area contributed by atoms with E-state index in [-0.39, 0.29) is 17.6 Å². The third kappa shape index (κ3) is 14.7. The van der Waals surface area contributed by atoms with Crippen LogP contribution in [0.5, 0.6) is 11.5 Å². The van der Waals surface area contributed by atoms with Crippen LogP contribution >= 0.6 is 11.8 Å². The lowest BCUT2D eigenvalue weighted by Crippen LogP contribution is -2.14. The molecule has 1 aromatic heterocycles. The maximum Gasteiger partial charge on any atom is 0.319 e. The smallest absolute Gasteiger partial charge is 0.319 e. The maximum absolute atomic E-state index is 11.7. The van der Waals surface area contributed by atoms with E-state index in [1.807, 2.05) is 74.7 Å². The summed E-state index contributed by atoms with van der Waals surface area (Å²) in [6, 6.07) is 18.7. The maximum atomic E-state index is 11.7. The Morgan fingerprint density at radius 1 is 1.02 bits per heavy atom. The summed E-state index contributed by atoms with van der Waals surface area (Å²) >= 11 is 1.64. The molecule has 45 heavy (non-hydrogen) atoms. The van der Waals surface area contributed by atoms with Gasteiger partial charge in [0.2, 0.25) is 5.91 Å². The lowest BCUT2D eigenvalue weighted by Gasteiger charge is -2.10. The topological polar surface area (TPSA) is 127 Å². The fraction of sp³-hybridized carbons (Fsp3) is 0.371. The SMILES string of the molecule is C#CC(Cc1ccc(OCCCNc2cc(OC)ccn2)cc1)C(=O)O.CSc1cccc(NC(=O)CCCC(=O)C(C)C)c1. The van der Waals surface area contributed by atoms with Gasteiger partial charge in [-0.05, 0) is 67.5 Å². The molecule has 1 unspecified atom stereocenters. The second kappa shape index (κ2) is 20.5. The van der Waals surface area contributed by atoms with Gasteiger partial charge in [0.1, 0.15) is 29.0 Å². The van der Waals surface area contributed by atoms with E-state index in [1.165, 1.54) is 0 Å². The zero-order valence-electron chi connectivity index (χ0n) is 26.4. The number of anilines is 2. The number of rotatable bonds is 17. The van der Waals surface area contributed by atoms with Crippen molar-refractivity contribution in [2.45, 2.75) is 50.8 Å². The molecule has 0 radical (unpaired) electrons. The molecule has 3 N–H and O–H groups in total. The first-order valence-electron chi connectivity index (χ1n) is 14.8. The molecule has 0 aliphatic rings. The predicted molar refractivity (Wildman–Crippen MR) is 180 cm³/mol. The molecule has 0 saturated heterocycles. The molecule has 0 bridgehead atoms. The van der Waals surface area contributed by atoms with Gasteiger partial charge in [0, 0.05) is 48.2 Å². The Bertz CT molecular complexity index is 1400. The van der Waals surface area contributed by atoms with Gasteiger partial charge in [0.15, 0.2) is 0 Å². The fourth-order valence-corrected chi connectivity index (χ4v) is 4.38. The van der Waals surface area contributed by atoms with Crippen molar-refractivity contribution in [3.63, 3.8) is 0 Å². The highest BCUT2D eigenvalue weighted by Gasteiger charge is 2.14. The number of amides is 1. The number of carboxylic acids is 1. The van der Waals surface area contributed by atoms with Crippen molar-refractivity contribution in [3.8, 4) is 23.8 Å². The number of methoxy groups -OCH3 is 1. The van der Waals surface area contributed by atoms with Gasteiger partial charge in [-0.1, -0.05) is 38.0 Å². The largest absolute Gasteiger partial charge is 0.497 e. The number of ketones is 1. The van der Waals surface area contributed by atoms with Gasteiger partial charge in [-0.15, -0.1) is 18.2 Å². The predicted octanol–water partition coefficient (Wildman–Crippen LogP) is 6.59. The normalized spacial score (nSPS) is 10.9. The van der Waals surface area contributed by atoms with Crippen molar-refractivity contribution in [2.24, 2.45) is 11.8 Å². The molecule has 0 saturated carbocycles. The number of hydrogen-bond donors (Lipinski definition) is 3. The van der Waals surface area contributed by atoms with Crippen LogP contribution in [0.25, 0.3) is 0 Å². The number of carbonyl (C=O) groups is 3. The number of pyridine rings is 1. The number of nitrogens with zero attached hydrogens (tertiary/aromatic N) is 1. The number of aliphatic carboxylic acids is 1. The van der Waals surface area contributed by atoms with E-state index in [4.69, 9.17) is 21.0 Å². The van der Waals surface area contributed by atoms with Crippen molar-refractivity contribution in [3.05, 3.63) is 72.4 Å². The molecule has 1 heterocycles. The van der Waals surface area contributed by atoms with Gasteiger partial charge in [0.25, 0.3) is 0 Å². The number of ether oxygens (including phenoxy) is 2. The summed E-state index contributed by atoms with van der Waals surface area (Å²) in [5, 5.41) is 15.0. The first-order valence-corrected chi connectivity index (χ1v) is 16.0. The fourth-order valence-electron chi connectivity index (χ4n) is 3.92. The molecule has 3 aromatic rings. The summed E-state index contributed by atoms with van der Waals surface area (Å²) in [5.41, 5.74) is 1.68. The molecule has 240 valence electrons. The number of Topliss-reactive ketones (excluding diaryl/α,β-unsaturated/α-hetero) is 1. The highest BCUT2D eigenvalue weighted by Crippen LogP contribution is 2.19. The number of benzene rings is 2.